The molecule has 19 heavy (non-hydrogen) atoms. The molecule has 0 aliphatic rings. The minimum absolute atomic E-state index is 0.0644. The van der Waals surface area contributed by atoms with E-state index in [-0.39, 0.29) is 10.9 Å². The van der Waals surface area contributed by atoms with Gasteiger partial charge in [-0.3, -0.25) is 4.79 Å². The molecule has 0 saturated heterocycles. The Morgan fingerprint density at radius 2 is 1.74 bits per heavy atom. The van der Waals surface area contributed by atoms with Crippen LogP contribution in [-0.2, 0) is 6.42 Å². The molecule has 0 aliphatic heterocycles. The van der Waals surface area contributed by atoms with Crippen LogP contribution >= 0.6 is 15.9 Å². The van der Waals surface area contributed by atoms with Crippen molar-refractivity contribution in [1.29, 1.82) is 0 Å². The van der Waals surface area contributed by atoms with Crippen LogP contribution in [0, 0.1) is 11.6 Å². The summed E-state index contributed by atoms with van der Waals surface area (Å²) in [7, 11) is 0. The van der Waals surface area contributed by atoms with Crippen molar-refractivity contribution in [3.63, 3.8) is 0 Å². The van der Waals surface area contributed by atoms with Crippen molar-refractivity contribution in [2.45, 2.75) is 6.42 Å². The van der Waals surface area contributed by atoms with Gasteiger partial charge in [-0.2, -0.15) is 0 Å². The van der Waals surface area contributed by atoms with E-state index in [1.807, 2.05) is 0 Å². The van der Waals surface area contributed by atoms with E-state index in [1.54, 1.807) is 24.3 Å². The van der Waals surface area contributed by atoms with E-state index in [2.05, 4.69) is 15.9 Å². The molecular formula is C14H10BrF2NO. The quantitative estimate of drug-likeness (QED) is 0.530. The third kappa shape index (κ3) is 2.98. The number of anilines is 1. The summed E-state index contributed by atoms with van der Waals surface area (Å²) in [5.41, 5.74) is 6.22. The molecule has 0 atom stereocenters. The summed E-state index contributed by atoms with van der Waals surface area (Å²) >= 11 is 2.93. The fourth-order valence-corrected chi connectivity index (χ4v) is 2.02. The Bertz CT molecular complexity index is 626. The zero-order chi connectivity index (χ0) is 14.0. The maximum Gasteiger partial charge on any atom is 0.173 e. The Hall–Kier alpha value is -1.75. The van der Waals surface area contributed by atoms with Gasteiger partial charge in [-0.05, 0) is 45.8 Å². The second kappa shape index (κ2) is 5.48. The van der Waals surface area contributed by atoms with Gasteiger partial charge in [0.15, 0.2) is 11.6 Å². The number of rotatable bonds is 3. The van der Waals surface area contributed by atoms with Gasteiger partial charge in [-0.1, -0.05) is 12.1 Å². The molecule has 0 unspecified atom stereocenters. The number of benzene rings is 2. The Kier molecular flexibility index (Phi) is 3.95. The number of halogens is 3. The molecule has 0 heterocycles. The first-order valence-corrected chi connectivity index (χ1v) is 6.29. The molecule has 0 aliphatic carbocycles. The predicted molar refractivity (Wildman–Crippen MR) is 72.9 cm³/mol. The van der Waals surface area contributed by atoms with Crippen molar-refractivity contribution in [2.75, 3.05) is 5.73 Å². The lowest BCUT2D eigenvalue weighted by molar-refractivity contribution is 0.0984. The summed E-state index contributed by atoms with van der Waals surface area (Å²) in [6, 6.07) is 8.86. The van der Waals surface area contributed by atoms with Gasteiger partial charge in [0, 0.05) is 12.1 Å². The third-order valence-corrected chi connectivity index (χ3v) is 3.28. The maximum atomic E-state index is 13.8. The molecule has 0 amide bonds. The maximum absolute atomic E-state index is 13.8. The van der Waals surface area contributed by atoms with Crippen molar-refractivity contribution in [2.24, 2.45) is 0 Å². The highest BCUT2D eigenvalue weighted by atomic mass is 79.9. The highest BCUT2D eigenvalue weighted by Gasteiger charge is 2.19. The van der Waals surface area contributed by atoms with Crippen LogP contribution in [0.1, 0.15) is 15.9 Å². The topological polar surface area (TPSA) is 43.1 Å². The average Bonchev–Trinajstić information content (AvgIpc) is 2.37. The number of hydrogen-bond donors (Lipinski definition) is 1. The average molecular weight is 326 g/mol. The Morgan fingerprint density at radius 3 is 2.37 bits per heavy atom. The number of carbonyl (C=O) groups is 1. The van der Waals surface area contributed by atoms with E-state index in [4.69, 9.17) is 5.73 Å². The minimum atomic E-state index is -0.875. The normalized spacial score (nSPS) is 10.5. The fourth-order valence-electron chi connectivity index (χ4n) is 1.69. The second-order valence-electron chi connectivity index (χ2n) is 4.06. The van der Waals surface area contributed by atoms with Crippen LogP contribution in [0.25, 0.3) is 0 Å². The number of nitrogens with two attached hydrogens (primary N) is 1. The highest BCUT2D eigenvalue weighted by molar-refractivity contribution is 9.10. The lowest BCUT2D eigenvalue weighted by Gasteiger charge is -2.06. The van der Waals surface area contributed by atoms with Crippen LogP contribution in [0.5, 0.6) is 0 Å². The molecule has 2 aromatic carbocycles. The number of nitrogen functional groups attached to an aromatic ring is 1. The number of carbonyl (C=O) groups excluding carboxylic acids is 1. The van der Waals surface area contributed by atoms with Gasteiger partial charge in [0.1, 0.15) is 5.82 Å². The summed E-state index contributed by atoms with van der Waals surface area (Å²) < 4.78 is 27.4. The molecular weight excluding hydrogens is 316 g/mol. The van der Waals surface area contributed by atoms with Gasteiger partial charge in [0.05, 0.1) is 10.0 Å². The summed E-state index contributed by atoms with van der Waals surface area (Å²) in [5.74, 6) is -2.34. The molecule has 98 valence electrons. The summed E-state index contributed by atoms with van der Waals surface area (Å²) in [4.78, 5) is 12.0. The van der Waals surface area contributed by atoms with Crippen LogP contribution in [0.15, 0.2) is 40.9 Å². The van der Waals surface area contributed by atoms with Gasteiger partial charge >= 0.3 is 0 Å². The zero-order valence-electron chi connectivity index (χ0n) is 9.79. The molecule has 0 fully saturated rings. The standard InChI is InChI=1S/C14H10BrF2NO/c15-10-5-6-11(16)13(14(10)17)12(19)7-8-1-3-9(18)4-2-8/h1-6H,7,18H2. The monoisotopic (exact) mass is 325 g/mol. The van der Waals surface area contributed by atoms with E-state index in [0.717, 1.165) is 6.07 Å². The predicted octanol–water partition coefficient (Wildman–Crippen LogP) is 3.73. The fraction of sp³-hybridized carbons (Fsp3) is 0.0714. The van der Waals surface area contributed by atoms with Gasteiger partial charge < -0.3 is 5.73 Å². The highest BCUT2D eigenvalue weighted by Crippen LogP contribution is 2.23. The first-order chi connectivity index (χ1) is 8.99. The Labute approximate surface area is 117 Å². The third-order valence-electron chi connectivity index (χ3n) is 2.67. The summed E-state index contributed by atoms with van der Waals surface area (Å²) in [5, 5.41) is 0. The van der Waals surface area contributed by atoms with Gasteiger partial charge in [-0.25, -0.2) is 8.78 Å². The van der Waals surface area contributed by atoms with Crippen molar-refractivity contribution < 1.29 is 13.6 Å². The van der Waals surface area contributed by atoms with Crippen molar-refractivity contribution in [3.05, 3.63) is 63.6 Å². The summed E-state index contributed by atoms with van der Waals surface area (Å²) in [6.45, 7) is 0. The first kappa shape index (κ1) is 13.7. The van der Waals surface area contributed by atoms with Crippen molar-refractivity contribution in [1.82, 2.24) is 0 Å². The lowest BCUT2D eigenvalue weighted by Crippen LogP contribution is -2.09. The molecule has 2 N–H and O–H groups in total. The zero-order valence-corrected chi connectivity index (χ0v) is 11.4. The van der Waals surface area contributed by atoms with E-state index in [9.17, 15) is 13.6 Å². The molecule has 0 aromatic heterocycles. The van der Waals surface area contributed by atoms with Gasteiger partial charge in [0.25, 0.3) is 0 Å². The van der Waals surface area contributed by atoms with Gasteiger partial charge in [-0.15, -0.1) is 0 Å². The number of Topliss-reactive ketones (excluding diaryl/α,β-unsaturated/α-hetero) is 1. The number of hydrogen-bond acceptors (Lipinski definition) is 2. The SMILES string of the molecule is Nc1ccc(CC(=O)c2c(F)ccc(Br)c2F)cc1. The lowest BCUT2D eigenvalue weighted by atomic mass is 10.0. The van der Waals surface area contributed by atoms with E-state index >= 15 is 0 Å². The summed E-state index contributed by atoms with van der Waals surface area (Å²) in [6.07, 6.45) is -0.0788. The molecule has 0 spiro atoms. The van der Waals surface area contributed by atoms with E-state index in [1.165, 1.54) is 6.07 Å². The Morgan fingerprint density at radius 1 is 1.11 bits per heavy atom. The number of ketones is 1. The van der Waals surface area contributed by atoms with Crippen LogP contribution < -0.4 is 5.73 Å². The largest absolute Gasteiger partial charge is 0.399 e. The van der Waals surface area contributed by atoms with E-state index < -0.39 is 23.0 Å². The molecule has 2 rings (SSSR count). The smallest absolute Gasteiger partial charge is 0.173 e. The van der Waals surface area contributed by atoms with Crippen molar-refractivity contribution >= 4 is 27.4 Å². The molecule has 2 aromatic rings. The molecule has 0 radical (unpaired) electrons. The van der Waals surface area contributed by atoms with Crippen LogP contribution in [0.4, 0.5) is 14.5 Å². The van der Waals surface area contributed by atoms with Crippen LogP contribution in [0.3, 0.4) is 0 Å². The Balaban J connectivity index is 2.30. The van der Waals surface area contributed by atoms with Crippen molar-refractivity contribution in [3.8, 4) is 0 Å². The van der Waals surface area contributed by atoms with E-state index in [0.29, 0.717) is 11.3 Å². The van der Waals surface area contributed by atoms with Gasteiger partial charge in [0.2, 0.25) is 0 Å². The molecule has 0 saturated carbocycles. The first-order valence-electron chi connectivity index (χ1n) is 5.50. The molecule has 0 bridgehead atoms. The molecule has 5 heteroatoms. The van der Waals surface area contributed by atoms with Crippen LogP contribution in [-0.4, -0.2) is 5.78 Å². The molecule has 2 nitrogen and oxygen atoms in total. The minimum Gasteiger partial charge on any atom is -0.399 e. The second-order valence-corrected chi connectivity index (χ2v) is 4.91. The van der Waals surface area contributed by atoms with Crippen LogP contribution in [0.2, 0.25) is 0 Å².